The number of hydrogen-bond donors (Lipinski definition) is 3. The number of anilines is 3. The third kappa shape index (κ3) is 4.05. The van der Waals surface area contributed by atoms with Crippen molar-refractivity contribution in [1.29, 1.82) is 0 Å². The van der Waals surface area contributed by atoms with Gasteiger partial charge in [0.05, 0.1) is 16.9 Å². The summed E-state index contributed by atoms with van der Waals surface area (Å²) in [4.78, 5) is 11.9. The normalized spacial score (nSPS) is 8.84. The Morgan fingerprint density at radius 3 is 2.16 bits per heavy atom. The largest absolute Gasteiger partial charge is 0.397 e. The molecule has 0 spiro atoms. The van der Waals surface area contributed by atoms with Crippen molar-refractivity contribution in [2.75, 3.05) is 16.8 Å². The first-order valence-corrected chi connectivity index (χ1v) is 5.19. The second kappa shape index (κ2) is 7.51. The predicted octanol–water partition coefficient (Wildman–Crippen LogP) is 2.95. The van der Waals surface area contributed by atoms with Crippen LogP contribution in [0.25, 0.3) is 0 Å². The van der Waals surface area contributed by atoms with Gasteiger partial charge in [0, 0.05) is 5.69 Å². The van der Waals surface area contributed by atoms with Gasteiger partial charge in [0.1, 0.15) is 0 Å². The molecule has 0 unspecified atom stereocenters. The van der Waals surface area contributed by atoms with E-state index in [0.717, 1.165) is 5.69 Å². The Labute approximate surface area is 124 Å². The highest BCUT2D eigenvalue weighted by molar-refractivity contribution is 6.09. The molecular weight excluding hydrogens is 285 g/mol. The van der Waals surface area contributed by atoms with Crippen molar-refractivity contribution in [2.24, 2.45) is 0 Å². The molecule has 0 heterocycles. The molecule has 0 saturated carbocycles. The highest BCUT2D eigenvalue weighted by Gasteiger charge is 2.10. The van der Waals surface area contributed by atoms with E-state index in [9.17, 15) is 4.79 Å². The molecule has 0 aliphatic carbocycles. The summed E-state index contributed by atoms with van der Waals surface area (Å²) in [6, 6.07) is 14.2. The van der Waals surface area contributed by atoms with Crippen LogP contribution >= 0.6 is 24.8 Å². The maximum atomic E-state index is 11.9. The number of hydrogen-bond acceptors (Lipinski definition) is 3. The molecule has 2 rings (SSSR count). The van der Waals surface area contributed by atoms with Gasteiger partial charge in [-0.2, -0.15) is 0 Å². The van der Waals surface area contributed by atoms with Crippen molar-refractivity contribution in [1.82, 2.24) is 0 Å². The van der Waals surface area contributed by atoms with Crippen LogP contribution in [-0.4, -0.2) is 5.91 Å². The lowest BCUT2D eigenvalue weighted by Gasteiger charge is -2.08. The molecular formula is C13H15Cl2N3O. The molecule has 0 fully saturated rings. The van der Waals surface area contributed by atoms with Crippen LogP contribution < -0.4 is 16.8 Å². The number of carbonyl (C=O) groups excluding carboxylic acids is 1. The summed E-state index contributed by atoms with van der Waals surface area (Å²) in [6.45, 7) is 0. The summed E-state index contributed by atoms with van der Waals surface area (Å²) in [5.74, 6) is -0.263. The van der Waals surface area contributed by atoms with Crippen molar-refractivity contribution >= 4 is 47.8 Å². The molecule has 0 radical (unpaired) electrons. The quantitative estimate of drug-likeness (QED) is 0.746. The number of rotatable bonds is 2. The summed E-state index contributed by atoms with van der Waals surface area (Å²) in [7, 11) is 0. The van der Waals surface area contributed by atoms with Crippen molar-refractivity contribution in [2.45, 2.75) is 0 Å². The smallest absolute Gasteiger partial charge is 0.257 e. The van der Waals surface area contributed by atoms with E-state index in [4.69, 9.17) is 11.5 Å². The minimum absolute atomic E-state index is 0. The number of nitrogen functional groups attached to an aromatic ring is 2. The maximum absolute atomic E-state index is 11.9. The van der Waals surface area contributed by atoms with Crippen LogP contribution in [0, 0.1) is 0 Å². The molecule has 0 aliphatic heterocycles. The zero-order valence-corrected chi connectivity index (χ0v) is 11.6. The third-order valence-corrected chi connectivity index (χ3v) is 2.42. The fraction of sp³-hybridized carbons (Fsp3) is 0. The van der Waals surface area contributed by atoms with Gasteiger partial charge in [0.25, 0.3) is 5.91 Å². The first kappa shape index (κ1) is 17.1. The highest BCUT2D eigenvalue weighted by Crippen LogP contribution is 2.20. The fourth-order valence-electron chi connectivity index (χ4n) is 1.50. The average molecular weight is 300 g/mol. The molecule has 2 aromatic carbocycles. The first-order chi connectivity index (χ1) is 8.18. The summed E-state index contributed by atoms with van der Waals surface area (Å²) < 4.78 is 0. The molecule has 1 amide bonds. The zero-order valence-electron chi connectivity index (χ0n) is 10.00. The Balaban J connectivity index is 0.00000162. The molecule has 102 valence electrons. The molecule has 0 aromatic heterocycles. The van der Waals surface area contributed by atoms with Gasteiger partial charge in [0.15, 0.2) is 0 Å². The Morgan fingerprint density at radius 2 is 1.53 bits per heavy atom. The molecule has 0 aliphatic rings. The Kier molecular flexibility index (Phi) is 6.75. The number of carbonyl (C=O) groups is 1. The van der Waals surface area contributed by atoms with Crippen LogP contribution in [0.5, 0.6) is 0 Å². The van der Waals surface area contributed by atoms with E-state index in [0.29, 0.717) is 16.9 Å². The topological polar surface area (TPSA) is 81.1 Å². The van der Waals surface area contributed by atoms with Crippen LogP contribution in [0.3, 0.4) is 0 Å². The van der Waals surface area contributed by atoms with E-state index in [1.54, 1.807) is 30.3 Å². The van der Waals surface area contributed by atoms with Gasteiger partial charge in [-0.1, -0.05) is 24.3 Å². The van der Waals surface area contributed by atoms with E-state index in [-0.39, 0.29) is 30.7 Å². The van der Waals surface area contributed by atoms with Gasteiger partial charge in [-0.15, -0.1) is 24.8 Å². The summed E-state index contributed by atoms with van der Waals surface area (Å²) in [5, 5.41) is 2.75. The molecule has 4 nitrogen and oxygen atoms in total. The number of benzene rings is 2. The van der Waals surface area contributed by atoms with Crippen LogP contribution in [0.15, 0.2) is 48.5 Å². The van der Waals surface area contributed by atoms with Crippen molar-refractivity contribution in [3.8, 4) is 0 Å². The Hall–Kier alpha value is -1.91. The number of para-hydroxylation sites is 2. The highest BCUT2D eigenvalue weighted by atomic mass is 35.5. The Bertz CT molecular complexity index is 547. The zero-order chi connectivity index (χ0) is 12.3. The van der Waals surface area contributed by atoms with Gasteiger partial charge in [-0.3, -0.25) is 4.79 Å². The van der Waals surface area contributed by atoms with Gasteiger partial charge in [0.2, 0.25) is 0 Å². The van der Waals surface area contributed by atoms with Crippen LogP contribution in [0.2, 0.25) is 0 Å². The maximum Gasteiger partial charge on any atom is 0.257 e. The molecule has 0 bridgehead atoms. The first-order valence-electron chi connectivity index (χ1n) is 5.19. The average Bonchev–Trinajstić information content (AvgIpc) is 2.34. The monoisotopic (exact) mass is 299 g/mol. The summed E-state index contributed by atoms with van der Waals surface area (Å²) >= 11 is 0. The van der Waals surface area contributed by atoms with Crippen LogP contribution in [-0.2, 0) is 0 Å². The van der Waals surface area contributed by atoms with E-state index < -0.39 is 0 Å². The molecule has 2 aromatic rings. The molecule has 5 N–H and O–H groups in total. The van der Waals surface area contributed by atoms with E-state index in [2.05, 4.69) is 5.32 Å². The van der Waals surface area contributed by atoms with Crippen LogP contribution in [0.1, 0.15) is 10.4 Å². The van der Waals surface area contributed by atoms with E-state index >= 15 is 0 Å². The number of halogens is 2. The lowest BCUT2D eigenvalue weighted by Crippen LogP contribution is -2.14. The predicted molar refractivity (Wildman–Crippen MR) is 84.2 cm³/mol. The van der Waals surface area contributed by atoms with Crippen molar-refractivity contribution in [3.63, 3.8) is 0 Å². The minimum Gasteiger partial charge on any atom is -0.397 e. The molecule has 19 heavy (non-hydrogen) atoms. The Morgan fingerprint density at radius 1 is 0.895 bits per heavy atom. The summed E-state index contributed by atoms with van der Waals surface area (Å²) in [5.41, 5.74) is 13.2. The third-order valence-electron chi connectivity index (χ3n) is 2.42. The standard InChI is InChI=1S/C13H13N3O.2ClH/c14-11-8-4-7-10(12(11)15)13(17)16-9-5-2-1-3-6-9;;/h1-8H,14-15H2,(H,16,17);2*1H. The molecule has 0 saturated heterocycles. The van der Waals surface area contributed by atoms with Crippen LogP contribution in [0.4, 0.5) is 17.1 Å². The van der Waals surface area contributed by atoms with Gasteiger partial charge in [-0.05, 0) is 24.3 Å². The van der Waals surface area contributed by atoms with Crippen molar-refractivity contribution in [3.05, 3.63) is 54.1 Å². The number of nitrogens with two attached hydrogens (primary N) is 2. The van der Waals surface area contributed by atoms with E-state index in [1.165, 1.54) is 0 Å². The van der Waals surface area contributed by atoms with Gasteiger partial charge >= 0.3 is 0 Å². The lowest BCUT2D eigenvalue weighted by atomic mass is 10.1. The van der Waals surface area contributed by atoms with Gasteiger partial charge < -0.3 is 16.8 Å². The minimum atomic E-state index is -0.263. The second-order valence-electron chi connectivity index (χ2n) is 3.63. The SMILES string of the molecule is Cl.Cl.Nc1cccc(C(=O)Nc2ccccc2)c1N. The lowest BCUT2D eigenvalue weighted by molar-refractivity contribution is 0.102. The number of nitrogens with one attached hydrogen (secondary N) is 1. The van der Waals surface area contributed by atoms with Gasteiger partial charge in [-0.25, -0.2) is 0 Å². The fourth-order valence-corrected chi connectivity index (χ4v) is 1.50. The number of amides is 1. The van der Waals surface area contributed by atoms with Crippen molar-refractivity contribution < 1.29 is 4.79 Å². The molecule has 0 atom stereocenters. The molecule has 6 heteroatoms. The summed E-state index contributed by atoms with van der Waals surface area (Å²) in [6.07, 6.45) is 0. The second-order valence-corrected chi connectivity index (χ2v) is 3.63. The van der Waals surface area contributed by atoms with E-state index in [1.807, 2.05) is 18.2 Å².